The summed E-state index contributed by atoms with van der Waals surface area (Å²) in [6, 6.07) is 13.5. The fourth-order valence-electron chi connectivity index (χ4n) is 6.60. The van der Waals surface area contributed by atoms with Crippen molar-refractivity contribution in [2.24, 2.45) is 5.92 Å². The molecule has 2 unspecified atom stereocenters. The first-order valence-corrected chi connectivity index (χ1v) is 12.5. The lowest BCUT2D eigenvalue weighted by Gasteiger charge is -2.56. The van der Waals surface area contributed by atoms with Crippen molar-refractivity contribution < 1.29 is 9.50 Å². The van der Waals surface area contributed by atoms with E-state index in [1.165, 1.54) is 49.8 Å². The first-order chi connectivity index (χ1) is 15.2. The van der Waals surface area contributed by atoms with E-state index in [-0.39, 0.29) is 16.8 Å². The lowest BCUT2D eigenvalue weighted by atomic mass is 9.52. The summed E-state index contributed by atoms with van der Waals surface area (Å²) in [4.78, 5) is 0. The van der Waals surface area contributed by atoms with Crippen LogP contribution in [0.15, 0.2) is 42.5 Å². The molecule has 2 aliphatic carbocycles. The van der Waals surface area contributed by atoms with Crippen molar-refractivity contribution in [2.45, 2.75) is 95.6 Å². The summed E-state index contributed by atoms with van der Waals surface area (Å²) in [6.45, 7) is 10.4. The lowest BCUT2D eigenvalue weighted by molar-refractivity contribution is 0.0612. The van der Waals surface area contributed by atoms with Crippen LogP contribution in [0.25, 0.3) is 0 Å². The Kier molecular flexibility index (Phi) is 6.79. The number of hydrogen-bond acceptors (Lipinski definition) is 2. The predicted molar refractivity (Wildman–Crippen MR) is 131 cm³/mol. The second-order valence-electron chi connectivity index (χ2n) is 11.0. The van der Waals surface area contributed by atoms with E-state index in [1.807, 2.05) is 0 Å². The van der Waals surface area contributed by atoms with Gasteiger partial charge in [0.15, 0.2) is 0 Å². The molecule has 2 nitrogen and oxygen atoms in total. The zero-order valence-electron chi connectivity index (χ0n) is 20.3. The largest absolute Gasteiger partial charge is 0.388 e. The van der Waals surface area contributed by atoms with E-state index in [0.717, 1.165) is 18.5 Å². The molecule has 0 aromatic heterocycles. The van der Waals surface area contributed by atoms with E-state index in [4.69, 9.17) is 0 Å². The number of nitrogens with one attached hydrogen (secondary N) is 1. The Morgan fingerprint density at radius 3 is 2.50 bits per heavy atom. The molecule has 0 aliphatic heterocycles. The van der Waals surface area contributed by atoms with E-state index in [1.54, 1.807) is 23.3 Å². The third-order valence-corrected chi connectivity index (χ3v) is 8.48. The molecule has 2 aliphatic rings. The highest BCUT2D eigenvalue weighted by atomic mass is 19.1. The van der Waals surface area contributed by atoms with Crippen molar-refractivity contribution in [1.82, 2.24) is 5.32 Å². The van der Waals surface area contributed by atoms with Gasteiger partial charge < -0.3 is 10.4 Å². The van der Waals surface area contributed by atoms with Crippen LogP contribution in [0.5, 0.6) is 0 Å². The third kappa shape index (κ3) is 4.52. The summed E-state index contributed by atoms with van der Waals surface area (Å²) < 4.78 is 13.1. The van der Waals surface area contributed by atoms with Crippen molar-refractivity contribution in [2.75, 3.05) is 6.54 Å². The highest BCUT2D eigenvalue weighted by molar-refractivity contribution is 5.42. The van der Waals surface area contributed by atoms with Crippen LogP contribution in [0.2, 0.25) is 0 Å². The average Bonchev–Trinajstić information content (AvgIpc) is 2.76. The Hall–Kier alpha value is -1.71. The average molecular weight is 438 g/mol. The summed E-state index contributed by atoms with van der Waals surface area (Å²) in [7, 11) is 0. The molecule has 2 aromatic rings. The van der Waals surface area contributed by atoms with Gasteiger partial charge in [-0.2, -0.15) is 0 Å². The van der Waals surface area contributed by atoms with E-state index in [2.05, 4.69) is 51.2 Å². The first-order valence-electron chi connectivity index (χ1n) is 12.5. The Morgan fingerprint density at radius 2 is 1.78 bits per heavy atom. The van der Waals surface area contributed by atoms with Gasteiger partial charge in [0.1, 0.15) is 5.82 Å². The molecule has 0 saturated heterocycles. The standard InChI is InChI=1S/C29H40FNO/c1-20(2)22-10-14-25-23(19-22)11-15-27-28(25,3)16-6-17-29(27,4)31-18-5-7-26(32)21-8-12-24(30)13-9-21/h8-10,12-14,19-20,26-27,31-32H,5-7,11,15-18H2,1-4H3/t26?,27?,28-,29-/m1/s1. The predicted octanol–water partition coefficient (Wildman–Crippen LogP) is 6.82. The monoisotopic (exact) mass is 437 g/mol. The molecule has 0 bridgehead atoms. The third-order valence-electron chi connectivity index (χ3n) is 8.48. The molecule has 3 heteroatoms. The Balaban J connectivity index is 1.41. The summed E-state index contributed by atoms with van der Waals surface area (Å²) in [5.41, 5.74) is 5.77. The number of aliphatic hydroxyl groups is 1. The maximum absolute atomic E-state index is 13.1. The van der Waals surface area contributed by atoms with Gasteiger partial charge in [-0.25, -0.2) is 4.39 Å². The van der Waals surface area contributed by atoms with E-state index >= 15 is 0 Å². The van der Waals surface area contributed by atoms with Crippen LogP contribution in [-0.2, 0) is 11.8 Å². The van der Waals surface area contributed by atoms with E-state index in [0.29, 0.717) is 18.3 Å². The number of benzene rings is 2. The van der Waals surface area contributed by atoms with E-state index in [9.17, 15) is 9.50 Å². The van der Waals surface area contributed by atoms with Gasteiger partial charge in [0, 0.05) is 5.54 Å². The molecule has 174 valence electrons. The SMILES string of the molecule is CC(C)c1ccc2c(c1)CCC1[C@](C)(NCCCC(O)c3ccc(F)cc3)CCC[C@]21C. The van der Waals surface area contributed by atoms with Crippen LogP contribution < -0.4 is 5.32 Å². The number of rotatable bonds is 7. The Labute approximate surface area is 193 Å². The summed E-state index contributed by atoms with van der Waals surface area (Å²) in [5.74, 6) is 0.947. The number of hydrogen-bond donors (Lipinski definition) is 2. The molecule has 0 spiro atoms. The molecule has 0 heterocycles. The van der Waals surface area contributed by atoms with Crippen LogP contribution in [0.1, 0.15) is 100 Å². The molecule has 4 atom stereocenters. The fourth-order valence-corrected chi connectivity index (χ4v) is 6.60. The minimum absolute atomic E-state index is 0.127. The first kappa shape index (κ1) is 23.4. The van der Waals surface area contributed by atoms with Gasteiger partial charge in [-0.05, 0) is 104 Å². The highest BCUT2D eigenvalue weighted by Gasteiger charge is 2.51. The number of fused-ring (bicyclic) bond motifs is 3. The van der Waals surface area contributed by atoms with Gasteiger partial charge in [-0.15, -0.1) is 0 Å². The Morgan fingerprint density at radius 1 is 1.06 bits per heavy atom. The molecular formula is C29H40FNO. The second kappa shape index (κ2) is 9.27. The minimum atomic E-state index is -0.529. The van der Waals surface area contributed by atoms with Crippen LogP contribution >= 0.6 is 0 Å². The maximum Gasteiger partial charge on any atom is 0.123 e. The number of aryl methyl sites for hydroxylation is 1. The number of aliphatic hydroxyl groups excluding tert-OH is 1. The molecule has 0 radical (unpaired) electrons. The molecule has 0 amide bonds. The zero-order valence-corrected chi connectivity index (χ0v) is 20.3. The van der Waals surface area contributed by atoms with Gasteiger partial charge in [0.2, 0.25) is 0 Å². The lowest BCUT2D eigenvalue weighted by Crippen LogP contribution is -2.59. The van der Waals surface area contributed by atoms with Crippen molar-refractivity contribution in [1.29, 1.82) is 0 Å². The Bertz CT molecular complexity index is 923. The topological polar surface area (TPSA) is 32.3 Å². The fraction of sp³-hybridized carbons (Fsp3) is 0.586. The van der Waals surface area contributed by atoms with Crippen LogP contribution in [0.4, 0.5) is 4.39 Å². The molecule has 1 fully saturated rings. The summed E-state index contributed by atoms with van der Waals surface area (Å²) in [5, 5.41) is 14.4. The molecule has 2 aromatic carbocycles. The van der Waals surface area contributed by atoms with Gasteiger partial charge in [-0.3, -0.25) is 0 Å². The van der Waals surface area contributed by atoms with Crippen molar-refractivity contribution in [3.05, 3.63) is 70.5 Å². The van der Waals surface area contributed by atoms with E-state index < -0.39 is 6.10 Å². The summed E-state index contributed by atoms with van der Waals surface area (Å²) >= 11 is 0. The van der Waals surface area contributed by atoms with Gasteiger partial charge >= 0.3 is 0 Å². The minimum Gasteiger partial charge on any atom is -0.388 e. The van der Waals surface area contributed by atoms with Crippen LogP contribution in [0, 0.1) is 11.7 Å². The summed E-state index contributed by atoms with van der Waals surface area (Å²) in [6.07, 6.45) is 7.23. The normalized spacial score (nSPS) is 28.3. The van der Waals surface area contributed by atoms with Crippen molar-refractivity contribution >= 4 is 0 Å². The van der Waals surface area contributed by atoms with Gasteiger partial charge in [-0.1, -0.05) is 57.5 Å². The van der Waals surface area contributed by atoms with Gasteiger partial charge in [0.05, 0.1) is 6.10 Å². The van der Waals surface area contributed by atoms with Crippen molar-refractivity contribution in [3.63, 3.8) is 0 Å². The molecule has 2 N–H and O–H groups in total. The maximum atomic E-state index is 13.1. The smallest absolute Gasteiger partial charge is 0.123 e. The second-order valence-corrected chi connectivity index (χ2v) is 11.0. The molecular weight excluding hydrogens is 397 g/mol. The molecule has 1 saturated carbocycles. The highest BCUT2D eigenvalue weighted by Crippen LogP contribution is 2.53. The zero-order chi connectivity index (χ0) is 22.9. The van der Waals surface area contributed by atoms with Gasteiger partial charge in [0.25, 0.3) is 0 Å². The van der Waals surface area contributed by atoms with Crippen LogP contribution in [0.3, 0.4) is 0 Å². The quantitative estimate of drug-likeness (QED) is 0.466. The number of halogens is 1. The van der Waals surface area contributed by atoms with Crippen molar-refractivity contribution in [3.8, 4) is 0 Å². The molecule has 32 heavy (non-hydrogen) atoms. The van der Waals surface area contributed by atoms with Crippen LogP contribution in [-0.4, -0.2) is 17.2 Å². The molecule has 4 rings (SSSR count).